The number of alkyl halides is 1. The van der Waals surface area contributed by atoms with Gasteiger partial charge in [0.25, 0.3) is 0 Å². The summed E-state index contributed by atoms with van der Waals surface area (Å²) in [5.74, 6) is 1.71. The SMILES string of the molecule is CCCCCCl.COCC=Cc1ccc(OC)cc1. The van der Waals surface area contributed by atoms with Crippen molar-refractivity contribution in [2.24, 2.45) is 0 Å². The van der Waals surface area contributed by atoms with Gasteiger partial charge < -0.3 is 9.47 Å². The van der Waals surface area contributed by atoms with Crippen LogP contribution in [0.2, 0.25) is 0 Å². The molecule has 1 aromatic carbocycles. The third kappa shape index (κ3) is 10.6. The van der Waals surface area contributed by atoms with Gasteiger partial charge in [0.1, 0.15) is 5.75 Å². The first-order chi connectivity index (χ1) is 9.28. The third-order valence-electron chi connectivity index (χ3n) is 2.43. The molecule has 2 nitrogen and oxygen atoms in total. The Labute approximate surface area is 122 Å². The largest absolute Gasteiger partial charge is 0.497 e. The summed E-state index contributed by atoms with van der Waals surface area (Å²) in [5.41, 5.74) is 1.15. The minimum absolute atomic E-state index is 0.645. The van der Waals surface area contributed by atoms with Gasteiger partial charge in [-0.3, -0.25) is 0 Å². The van der Waals surface area contributed by atoms with Crippen LogP contribution in [0.15, 0.2) is 30.3 Å². The van der Waals surface area contributed by atoms with Gasteiger partial charge >= 0.3 is 0 Å². The Balaban J connectivity index is 0.000000459. The second kappa shape index (κ2) is 13.4. The van der Waals surface area contributed by atoms with Gasteiger partial charge in [0.15, 0.2) is 0 Å². The van der Waals surface area contributed by atoms with Gasteiger partial charge in [-0.25, -0.2) is 0 Å². The van der Waals surface area contributed by atoms with Gasteiger partial charge in [-0.1, -0.05) is 44.1 Å². The highest BCUT2D eigenvalue weighted by atomic mass is 35.5. The standard InChI is InChI=1S/C11H14O2.C5H11Cl/c1-12-9-3-4-10-5-7-11(13-2)8-6-10;1-2-3-4-5-6/h3-8H,9H2,1-2H3;2-5H2,1H3. The van der Waals surface area contributed by atoms with Crippen molar-refractivity contribution in [3.8, 4) is 5.75 Å². The fourth-order valence-corrected chi connectivity index (χ4v) is 1.53. The summed E-state index contributed by atoms with van der Waals surface area (Å²) in [6.07, 6.45) is 7.72. The zero-order chi connectivity index (χ0) is 14.3. The maximum Gasteiger partial charge on any atom is 0.118 e. The van der Waals surface area contributed by atoms with E-state index in [9.17, 15) is 0 Å². The lowest BCUT2D eigenvalue weighted by Crippen LogP contribution is -1.82. The first-order valence-electron chi connectivity index (χ1n) is 6.64. The highest BCUT2D eigenvalue weighted by Gasteiger charge is 1.88. The van der Waals surface area contributed by atoms with E-state index in [-0.39, 0.29) is 0 Å². The van der Waals surface area contributed by atoms with Crippen LogP contribution in [-0.4, -0.2) is 26.7 Å². The van der Waals surface area contributed by atoms with Crippen LogP contribution in [-0.2, 0) is 4.74 Å². The Bertz CT molecular complexity index is 316. The summed E-state index contributed by atoms with van der Waals surface area (Å²) in [6.45, 7) is 2.82. The molecule has 108 valence electrons. The molecule has 0 spiro atoms. The number of ether oxygens (including phenoxy) is 2. The van der Waals surface area contributed by atoms with Crippen molar-refractivity contribution in [3.05, 3.63) is 35.9 Å². The predicted molar refractivity (Wildman–Crippen MR) is 84.1 cm³/mol. The number of rotatable bonds is 7. The number of halogens is 1. The Morgan fingerprint density at radius 3 is 2.21 bits per heavy atom. The fourth-order valence-electron chi connectivity index (χ4n) is 1.34. The van der Waals surface area contributed by atoms with Crippen LogP contribution in [0, 0.1) is 0 Å². The van der Waals surface area contributed by atoms with Gasteiger partial charge in [-0.05, 0) is 24.1 Å². The molecule has 0 aliphatic heterocycles. The second-order valence-corrected chi connectivity index (χ2v) is 4.40. The molecule has 19 heavy (non-hydrogen) atoms. The third-order valence-corrected chi connectivity index (χ3v) is 2.69. The topological polar surface area (TPSA) is 18.5 Å². The molecule has 0 radical (unpaired) electrons. The average Bonchev–Trinajstić information content (AvgIpc) is 2.47. The summed E-state index contributed by atoms with van der Waals surface area (Å²) in [4.78, 5) is 0. The maximum absolute atomic E-state index is 5.38. The van der Waals surface area contributed by atoms with E-state index in [2.05, 4.69) is 6.92 Å². The van der Waals surface area contributed by atoms with Gasteiger partial charge in [-0.2, -0.15) is 0 Å². The van der Waals surface area contributed by atoms with E-state index in [1.165, 1.54) is 19.3 Å². The number of benzene rings is 1. The molecule has 0 bridgehead atoms. The molecule has 1 aromatic rings. The predicted octanol–water partition coefficient (Wildman–Crippen LogP) is 4.77. The van der Waals surface area contributed by atoms with Crippen molar-refractivity contribution in [2.45, 2.75) is 26.2 Å². The van der Waals surface area contributed by atoms with Crippen LogP contribution < -0.4 is 4.74 Å². The molecular formula is C16H25ClO2. The molecule has 1 rings (SSSR count). The van der Waals surface area contributed by atoms with E-state index < -0.39 is 0 Å². The Morgan fingerprint density at radius 2 is 1.79 bits per heavy atom. The molecule has 0 aliphatic rings. The zero-order valence-electron chi connectivity index (χ0n) is 12.2. The van der Waals surface area contributed by atoms with Crippen LogP contribution in [0.3, 0.4) is 0 Å². The van der Waals surface area contributed by atoms with E-state index in [1.807, 2.05) is 36.4 Å². The number of unbranched alkanes of at least 4 members (excludes halogenated alkanes) is 2. The molecule has 0 N–H and O–H groups in total. The lowest BCUT2D eigenvalue weighted by Gasteiger charge is -1.98. The van der Waals surface area contributed by atoms with Crippen LogP contribution in [0.1, 0.15) is 31.7 Å². The summed E-state index contributed by atoms with van der Waals surface area (Å²) >= 11 is 5.38. The molecule has 0 aliphatic carbocycles. The first-order valence-corrected chi connectivity index (χ1v) is 7.17. The van der Waals surface area contributed by atoms with Crippen LogP contribution in [0.4, 0.5) is 0 Å². The van der Waals surface area contributed by atoms with Crippen molar-refractivity contribution in [3.63, 3.8) is 0 Å². The fraction of sp³-hybridized carbons (Fsp3) is 0.500. The molecule has 0 fully saturated rings. The van der Waals surface area contributed by atoms with Crippen molar-refractivity contribution in [1.29, 1.82) is 0 Å². The maximum atomic E-state index is 5.38. The van der Waals surface area contributed by atoms with Gasteiger partial charge in [0.05, 0.1) is 13.7 Å². The highest BCUT2D eigenvalue weighted by Crippen LogP contribution is 2.11. The van der Waals surface area contributed by atoms with E-state index in [0.717, 1.165) is 17.2 Å². The smallest absolute Gasteiger partial charge is 0.118 e. The minimum atomic E-state index is 0.645. The average molecular weight is 285 g/mol. The lowest BCUT2D eigenvalue weighted by atomic mass is 10.2. The number of methoxy groups -OCH3 is 2. The summed E-state index contributed by atoms with van der Waals surface area (Å²) in [6, 6.07) is 7.88. The molecular weight excluding hydrogens is 260 g/mol. The number of hydrogen-bond acceptors (Lipinski definition) is 2. The normalized spacial score (nSPS) is 10.1. The Kier molecular flexibility index (Phi) is 12.7. The summed E-state index contributed by atoms with van der Waals surface area (Å²) in [7, 11) is 3.34. The van der Waals surface area contributed by atoms with Gasteiger partial charge in [0.2, 0.25) is 0 Å². The number of hydrogen-bond donors (Lipinski definition) is 0. The van der Waals surface area contributed by atoms with Crippen molar-refractivity contribution < 1.29 is 9.47 Å². The van der Waals surface area contributed by atoms with Crippen LogP contribution >= 0.6 is 11.6 Å². The molecule has 0 saturated carbocycles. The van der Waals surface area contributed by atoms with Crippen molar-refractivity contribution in [1.82, 2.24) is 0 Å². The van der Waals surface area contributed by atoms with Gasteiger partial charge in [0, 0.05) is 13.0 Å². The highest BCUT2D eigenvalue weighted by molar-refractivity contribution is 6.17. The molecule has 3 heteroatoms. The van der Waals surface area contributed by atoms with E-state index in [4.69, 9.17) is 21.1 Å². The molecule has 0 aromatic heterocycles. The zero-order valence-corrected chi connectivity index (χ0v) is 13.0. The van der Waals surface area contributed by atoms with Crippen LogP contribution in [0.25, 0.3) is 6.08 Å². The Morgan fingerprint density at radius 1 is 1.11 bits per heavy atom. The molecule has 0 unspecified atom stereocenters. The summed E-state index contributed by atoms with van der Waals surface area (Å²) in [5, 5.41) is 0. The van der Waals surface area contributed by atoms with E-state index in [0.29, 0.717) is 6.61 Å². The second-order valence-electron chi connectivity index (χ2n) is 4.03. The van der Waals surface area contributed by atoms with Crippen molar-refractivity contribution >= 4 is 17.7 Å². The van der Waals surface area contributed by atoms with Gasteiger partial charge in [-0.15, -0.1) is 11.6 Å². The molecule has 0 atom stereocenters. The molecule has 0 heterocycles. The minimum Gasteiger partial charge on any atom is -0.497 e. The molecule has 0 amide bonds. The first kappa shape index (κ1) is 18.0. The lowest BCUT2D eigenvalue weighted by molar-refractivity contribution is 0.234. The quantitative estimate of drug-likeness (QED) is 0.530. The van der Waals surface area contributed by atoms with E-state index >= 15 is 0 Å². The Hall–Kier alpha value is -0.990. The molecule has 0 saturated heterocycles. The monoisotopic (exact) mass is 284 g/mol. The van der Waals surface area contributed by atoms with Crippen molar-refractivity contribution in [2.75, 3.05) is 26.7 Å². The summed E-state index contributed by atoms with van der Waals surface area (Å²) < 4.78 is 9.94. The van der Waals surface area contributed by atoms with Crippen LogP contribution in [0.5, 0.6) is 5.75 Å². The van der Waals surface area contributed by atoms with E-state index in [1.54, 1.807) is 14.2 Å².